The van der Waals surface area contributed by atoms with Gasteiger partial charge in [0, 0.05) is 18.4 Å². The van der Waals surface area contributed by atoms with E-state index in [4.69, 9.17) is 27.9 Å². The summed E-state index contributed by atoms with van der Waals surface area (Å²) < 4.78 is 5.78. The number of amides is 1. The highest BCUT2D eigenvalue weighted by molar-refractivity contribution is 6.40. The SMILES string of the molecule is C=CCc1cc(Nc2ncc3c(n2)OCN(c2c(Cl)cccc2Cl)C3=O)cc2c1CNCC2. The summed E-state index contributed by atoms with van der Waals surface area (Å²) in [5.41, 5.74) is 5.37. The number of fused-ring (bicyclic) bond motifs is 2. The first-order valence-corrected chi connectivity index (χ1v) is 11.3. The molecule has 0 atom stereocenters. The van der Waals surface area contributed by atoms with Crippen LogP contribution in [0.15, 0.2) is 49.2 Å². The summed E-state index contributed by atoms with van der Waals surface area (Å²) in [5.74, 6) is 0.238. The molecule has 1 aromatic heterocycles. The maximum Gasteiger partial charge on any atom is 0.268 e. The van der Waals surface area contributed by atoms with Gasteiger partial charge in [-0.25, -0.2) is 4.98 Å². The minimum atomic E-state index is -0.327. The number of benzene rings is 2. The minimum absolute atomic E-state index is 0.0545. The second-order valence-electron chi connectivity index (χ2n) is 7.81. The van der Waals surface area contributed by atoms with Crippen LogP contribution >= 0.6 is 23.2 Å². The Bertz CT molecular complexity index is 1240. The molecule has 1 amide bonds. The van der Waals surface area contributed by atoms with Crippen LogP contribution in [0.1, 0.15) is 27.0 Å². The standard InChI is InChI=1S/C24H21Cl2N5O2/c1-2-4-14-9-16(10-15-7-8-27-11-17(14)15)29-24-28-12-18-22(30-24)33-13-31(23(18)32)21-19(25)5-3-6-20(21)26/h2-3,5-6,9-10,12,27H,1,4,7-8,11,13H2,(H,28,29,30). The number of hydrogen-bond acceptors (Lipinski definition) is 6. The Hall–Kier alpha value is -3.13. The van der Waals surface area contributed by atoms with E-state index in [2.05, 4.69) is 39.3 Å². The van der Waals surface area contributed by atoms with Crippen LogP contribution in [-0.2, 0) is 19.4 Å². The molecule has 3 aromatic rings. The lowest BCUT2D eigenvalue weighted by Crippen LogP contribution is -2.39. The third-order valence-corrected chi connectivity index (χ3v) is 6.31. The highest BCUT2D eigenvalue weighted by Crippen LogP contribution is 2.37. The van der Waals surface area contributed by atoms with E-state index in [0.29, 0.717) is 21.7 Å². The molecule has 9 heteroatoms. The van der Waals surface area contributed by atoms with Gasteiger partial charge in [0.2, 0.25) is 11.8 Å². The van der Waals surface area contributed by atoms with Crippen LogP contribution in [-0.4, -0.2) is 29.2 Å². The van der Waals surface area contributed by atoms with Gasteiger partial charge in [0.1, 0.15) is 5.56 Å². The summed E-state index contributed by atoms with van der Waals surface area (Å²) in [7, 11) is 0. The number of hydrogen-bond donors (Lipinski definition) is 2. The maximum absolute atomic E-state index is 13.1. The predicted octanol–water partition coefficient (Wildman–Crippen LogP) is 4.90. The van der Waals surface area contributed by atoms with Gasteiger partial charge < -0.3 is 15.4 Å². The number of anilines is 3. The van der Waals surface area contributed by atoms with Gasteiger partial charge in [0.25, 0.3) is 5.91 Å². The lowest BCUT2D eigenvalue weighted by atomic mass is 9.93. The molecule has 0 saturated heterocycles. The van der Waals surface area contributed by atoms with Gasteiger partial charge in [-0.15, -0.1) is 6.58 Å². The fraction of sp³-hybridized carbons (Fsp3) is 0.208. The molecule has 2 aliphatic heterocycles. The second-order valence-corrected chi connectivity index (χ2v) is 8.62. The number of nitrogens with zero attached hydrogens (tertiary/aromatic N) is 3. The second kappa shape index (κ2) is 9.02. The van der Waals surface area contributed by atoms with Crippen LogP contribution in [0.5, 0.6) is 5.88 Å². The molecular weight excluding hydrogens is 461 g/mol. The maximum atomic E-state index is 13.1. The lowest BCUT2D eigenvalue weighted by molar-refractivity contribution is 0.0932. The zero-order valence-corrected chi connectivity index (χ0v) is 19.2. The van der Waals surface area contributed by atoms with E-state index in [1.165, 1.54) is 27.8 Å². The van der Waals surface area contributed by atoms with Crippen molar-refractivity contribution in [3.8, 4) is 5.88 Å². The first-order valence-electron chi connectivity index (χ1n) is 10.5. The molecule has 3 heterocycles. The Kier molecular flexibility index (Phi) is 5.93. The van der Waals surface area contributed by atoms with Gasteiger partial charge in [-0.2, -0.15) is 4.98 Å². The van der Waals surface area contributed by atoms with Crippen molar-refractivity contribution in [3.63, 3.8) is 0 Å². The largest absolute Gasteiger partial charge is 0.455 e. The molecule has 0 aliphatic carbocycles. The highest BCUT2D eigenvalue weighted by Gasteiger charge is 2.31. The quantitative estimate of drug-likeness (QED) is 0.504. The molecule has 0 radical (unpaired) electrons. The Morgan fingerprint density at radius 3 is 2.88 bits per heavy atom. The van der Waals surface area contributed by atoms with Gasteiger partial charge in [-0.1, -0.05) is 35.3 Å². The molecule has 0 unspecified atom stereocenters. The van der Waals surface area contributed by atoms with E-state index in [9.17, 15) is 4.79 Å². The number of nitrogens with one attached hydrogen (secondary N) is 2. The molecule has 0 saturated carbocycles. The summed E-state index contributed by atoms with van der Waals surface area (Å²) in [6.07, 6.45) is 5.09. The summed E-state index contributed by atoms with van der Waals surface area (Å²) in [6, 6.07) is 9.27. The van der Waals surface area contributed by atoms with Crippen molar-refractivity contribution in [1.29, 1.82) is 0 Å². The topological polar surface area (TPSA) is 79.4 Å². The summed E-state index contributed by atoms with van der Waals surface area (Å²) >= 11 is 12.5. The number of ether oxygens (including phenoxy) is 1. The number of rotatable bonds is 5. The average Bonchev–Trinajstić information content (AvgIpc) is 2.80. The number of halogens is 2. The van der Waals surface area contributed by atoms with Gasteiger partial charge in [0.05, 0.1) is 15.7 Å². The molecule has 0 bridgehead atoms. The monoisotopic (exact) mass is 481 g/mol. The number of carbonyl (C=O) groups is 1. The van der Waals surface area contributed by atoms with E-state index in [1.54, 1.807) is 18.2 Å². The van der Waals surface area contributed by atoms with Crippen molar-refractivity contribution in [3.05, 3.63) is 81.5 Å². The predicted molar refractivity (Wildman–Crippen MR) is 130 cm³/mol. The molecule has 7 nitrogen and oxygen atoms in total. The van der Waals surface area contributed by atoms with Crippen molar-refractivity contribution in [2.24, 2.45) is 0 Å². The molecule has 2 N–H and O–H groups in total. The van der Waals surface area contributed by atoms with E-state index in [-0.39, 0.29) is 24.1 Å². The molecule has 168 valence electrons. The van der Waals surface area contributed by atoms with E-state index >= 15 is 0 Å². The molecule has 5 rings (SSSR count). The molecule has 0 spiro atoms. The number of aromatic nitrogens is 2. The van der Waals surface area contributed by atoms with Gasteiger partial charge >= 0.3 is 0 Å². The highest BCUT2D eigenvalue weighted by atomic mass is 35.5. The number of carbonyl (C=O) groups excluding carboxylic acids is 1. The molecule has 2 aliphatic rings. The van der Waals surface area contributed by atoms with Crippen LogP contribution in [0.25, 0.3) is 0 Å². The zero-order valence-electron chi connectivity index (χ0n) is 17.7. The Morgan fingerprint density at radius 1 is 1.27 bits per heavy atom. The van der Waals surface area contributed by atoms with Crippen molar-refractivity contribution >= 4 is 46.4 Å². The Balaban J connectivity index is 1.42. The van der Waals surface area contributed by atoms with Crippen molar-refractivity contribution in [2.75, 3.05) is 23.5 Å². The number of para-hydroxylation sites is 1. The van der Waals surface area contributed by atoms with Gasteiger partial charge in [0.15, 0.2) is 6.73 Å². The van der Waals surface area contributed by atoms with Crippen molar-refractivity contribution < 1.29 is 9.53 Å². The molecule has 33 heavy (non-hydrogen) atoms. The normalized spacial score (nSPS) is 14.8. The lowest BCUT2D eigenvalue weighted by Gasteiger charge is -2.29. The van der Waals surface area contributed by atoms with E-state index < -0.39 is 0 Å². The molecule has 2 aromatic carbocycles. The van der Waals surface area contributed by atoms with Crippen LogP contribution in [0, 0.1) is 0 Å². The fourth-order valence-electron chi connectivity index (χ4n) is 4.15. The smallest absolute Gasteiger partial charge is 0.268 e. The third-order valence-electron chi connectivity index (χ3n) is 5.70. The Labute approximate surface area is 201 Å². The zero-order chi connectivity index (χ0) is 22.9. The van der Waals surface area contributed by atoms with E-state index in [0.717, 1.165) is 31.6 Å². The average molecular weight is 482 g/mol. The van der Waals surface area contributed by atoms with E-state index in [1.807, 2.05) is 6.08 Å². The van der Waals surface area contributed by atoms with Crippen LogP contribution in [0.2, 0.25) is 10.0 Å². The molecular formula is C24H21Cl2N5O2. The summed E-state index contributed by atoms with van der Waals surface area (Å²) in [6.45, 7) is 5.63. The summed E-state index contributed by atoms with van der Waals surface area (Å²) in [5, 5.41) is 7.40. The molecule has 0 fully saturated rings. The summed E-state index contributed by atoms with van der Waals surface area (Å²) in [4.78, 5) is 23.2. The first-order chi connectivity index (χ1) is 16.0. The van der Waals surface area contributed by atoms with Crippen LogP contribution in [0.3, 0.4) is 0 Å². The van der Waals surface area contributed by atoms with Gasteiger partial charge in [-0.3, -0.25) is 9.69 Å². The number of allylic oxidation sites excluding steroid dienone is 1. The van der Waals surface area contributed by atoms with Crippen molar-refractivity contribution in [2.45, 2.75) is 19.4 Å². The first kappa shape index (κ1) is 21.7. The van der Waals surface area contributed by atoms with Crippen LogP contribution in [0.4, 0.5) is 17.3 Å². The Morgan fingerprint density at radius 2 is 2.09 bits per heavy atom. The fourth-order valence-corrected chi connectivity index (χ4v) is 4.75. The minimum Gasteiger partial charge on any atom is -0.455 e. The van der Waals surface area contributed by atoms with Crippen molar-refractivity contribution in [1.82, 2.24) is 15.3 Å². The third kappa shape index (κ3) is 4.15. The van der Waals surface area contributed by atoms with Gasteiger partial charge in [-0.05, 0) is 60.3 Å². The van der Waals surface area contributed by atoms with Crippen LogP contribution < -0.4 is 20.3 Å².